The van der Waals surface area contributed by atoms with E-state index in [2.05, 4.69) is 0 Å². The van der Waals surface area contributed by atoms with Crippen LogP contribution in [0.1, 0.15) is 36.8 Å². The Morgan fingerprint density at radius 3 is 2.47 bits per heavy atom. The second kappa shape index (κ2) is 8.00. The Hall–Kier alpha value is -2.44. The van der Waals surface area contributed by atoms with Crippen LogP contribution in [-0.2, 0) is 19.0 Å². The highest BCUT2D eigenvalue weighted by Gasteiger charge is 2.52. The second-order valence-corrected chi connectivity index (χ2v) is 8.19. The van der Waals surface area contributed by atoms with Gasteiger partial charge in [-0.3, -0.25) is 0 Å². The SMILES string of the molecule is COC(=S)OC1=C(c2c(Cl)ccc(-c3ccc(F)cc3)c2C)C(=O)OC12CCCC2. The molecule has 2 aliphatic rings. The van der Waals surface area contributed by atoms with Gasteiger partial charge in [-0.05, 0) is 67.5 Å². The van der Waals surface area contributed by atoms with Gasteiger partial charge in [0.25, 0.3) is 0 Å². The molecule has 1 heterocycles. The van der Waals surface area contributed by atoms with Crippen molar-refractivity contribution >= 4 is 40.6 Å². The topological polar surface area (TPSA) is 44.8 Å². The molecular formula is C23H20ClFO4S. The minimum Gasteiger partial charge on any atom is -0.460 e. The summed E-state index contributed by atoms with van der Waals surface area (Å²) in [6, 6.07) is 9.73. The van der Waals surface area contributed by atoms with E-state index in [4.69, 9.17) is 38.0 Å². The number of esters is 1. The van der Waals surface area contributed by atoms with E-state index in [0.29, 0.717) is 29.2 Å². The molecule has 0 bridgehead atoms. The van der Waals surface area contributed by atoms with Crippen molar-refractivity contribution in [2.24, 2.45) is 0 Å². The van der Waals surface area contributed by atoms with E-state index in [0.717, 1.165) is 29.5 Å². The molecule has 0 atom stereocenters. The van der Waals surface area contributed by atoms with E-state index in [-0.39, 0.29) is 16.6 Å². The van der Waals surface area contributed by atoms with Crippen LogP contribution in [0.15, 0.2) is 42.2 Å². The van der Waals surface area contributed by atoms with Crippen molar-refractivity contribution in [2.45, 2.75) is 38.2 Å². The highest BCUT2D eigenvalue weighted by atomic mass is 35.5. The maximum absolute atomic E-state index is 13.4. The smallest absolute Gasteiger partial charge is 0.357 e. The van der Waals surface area contributed by atoms with Gasteiger partial charge in [-0.25, -0.2) is 9.18 Å². The summed E-state index contributed by atoms with van der Waals surface area (Å²) in [4.78, 5) is 13.1. The number of hydrogen-bond acceptors (Lipinski definition) is 5. The quantitative estimate of drug-likeness (QED) is 0.428. The average Bonchev–Trinajstić information content (AvgIpc) is 3.29. The van der Waals surface area contributed by atoms with E-state index in [1.165, 1.54) is 19.2 Å². The Kier molecular flexibility index (Phi) is 5.55. The maximum Gasteiger partial charge on any atom is 0.357 e. The zero-order chi connectivity index (χ0) is 21.5. The first-order chi connectivity index (χ1) is 14.4. The fourth-order valence-corrected chi connectivity index (χ4v) is 4.67. The van der Waals surface area contributed by atoms with Crippen LogP contribution in [0.3, 0.4) is 0 Å². The van der Waals surface area contributed by atoms with Crippen LogP contribution < -0.4 is 0 Å². The zero-order valence-electron chi connectivity index (χ0n) is 16.6. The Morgan fingerprint density at radius 2 is 1.83 bits per heavy atom. The minimum absolute atomic E-state index is 0.0875. The van der Waals surface area contributed by atoms with Crippen molar-refractivity contribution in [1.29, 1.82) is 0 Å². The van der Waals surface area contributed by atoms with E-state index in [1.807, 2.05) is 13.0 Å². The molecule has 0 saturated heterocycles. The molecule has 4 nitrogen and oxygen atoms in total. The van der Waals surface area contributed by atoms with Crippen molar-refractivity contribution in [3.05, 3.63) is 64.1 Å². The van der Waals surface area contributed by atoms with Crippen LogP contribution in [0.2, 0.25) is 5.02 Å². The van der Waals surface area contributed by atoms with Crippen LogP contribution in [0.4, 0.5) is 4.39 Å². The lowest BCUT2D eigenvalue weighted by Gasteiger charge is -2.25. The highest BCUT2D eigenvalue weighted by Crippen LogP contribution is 2.50. The summed E-state index contributed by atoms with van der Waals surface area (Å²) in [7, 11) is 1.41. The van der Waals surface area contributed by atoms with Gasteiger partial charge < -0.3 is 14.2 Å². The first-order valence-electron chi connectivity index (χ1n) is 9.65. The van der Waals surface area contributed by atoms with Crippen LogP contribution in [-0.4, -0.2) is 23.9 Å². The monoisotopic (exact) mass is 446 g/mol. The molecule has 1 spiro atoms. The Labute approximate surface area is 184 Å². The van der Waals surface area contributed by atoms with Crippen LogP contribution in [0.5, 0.6) is 0 Å². The molecule has 156 valence electrons. The van der Waals surface area contributed by atoms with Gasteiger partial charge in [0.05, 0.1) is 7.11 Å². The minimum atomic E-state index is -0.851. The summed E-state index contributed by atoms with van der Waals surface area (Å²) in [5.74, 6) is -0.454. The molecule has 7 heteroatoms. The van der Waals surface area contributed by atoms with Crippen molar-refractivity contribution in [3.8, 4) is 11.1 Å². The number of benzene rings is 2. The third-order valence-corrected chi connectivity index (χ3v) is 6.28. The summed E-state index contributed by atoms with van der Waals surface area (Å²) in [5.41, 5.74) is 2.35. The van der Waals surface area contributed by atoms with Gasteiger partial charge in [0.15, 0.2) is 11.4 Å². The predicted octanol–water partition coefficient (Wildman–Crippen LogP) is 5.98. The summed E-state index contributed by atoms with van der Waals surface area (Å²) >= 11 is 11.7. The van der Waals surface area contributed by atoms with Crippen LogP contribution in [0, 0.1) is 12.7 Å². The van der Waals surface area contributed by atoms with E-state index in [1.54, 1.807) is 18.2 Å². The average molecular weight is 447 g/mol. The first kappa shape index (κ1) is 20.8. The molecule has 0 radical (unpaired) electrons. The number of carbonyl (C=O) groups excluding carboxylic acids is 1. The lowest BCUT2D eigenvalue weighted by Crippen LogP contribution is -2.30. The van der Waals surface area contributed by atoms with Crippen molar-refractivity contribution in [1.82, 2.24) is 0 Å². The molecule has 0 N–H and O–H groups in total. The molecule has 0 aromatic heterocycles. The molecule has 1 aliphatic carbocycles. The Balaban J connectivity index is 1.93. The Morgan fingerprint density at radius 1 is 1.17 bits per heavy atom. The third kappa shape index (κ3) is 3.48. The number of carbonyl (C=O) groups is 1. The van der Waals surface area contributed by atoms with Crippen LogP contribution in [0.25, 0.3) is 16.7 Å². The van der Waals surface area contributed by atoms with Gasteiger partial charge >= 0.3 is 11.2 Å². The van der Waals surface area contributed by atoms with Gasteiger partial charge in [0, 0.05) is 22.8 Å². The molecular weight excluding hydrogens is 427 g/mol. The molecule has 0 unspecified atom stereocenters. The lowest BCUT2D eigenvalue weighted by atomic mass is 9.90. The molecule has 1 aliphatic heterocycles. The normalized spacial score (nSPS) is 17.4. The highest BCUT2D eigenvalue weighted by molar-refractivity contribution is 7.79. The number of thiocarbonyl (C=S) groups is 1. The lowest BCUT2D eigenvalue weighted by molar-refractivity contribution is -0.146. The molecule has 1 fully saturated rings. The van der Waals surface area contributed by atoms with Crippen molar-refractivity contribution < 1.29 is 23.4 Å². The van der Waals surface area contributed by atoms with Gasteiger partial charge in [0.2, 0.25) is 0 Å². The van der Waals surface area contributed by atoms with Crippen molar-refractivity contribution in [2.75, 3.05) is 7.11 Å². The Bertz CT molecular complexity index is 1060. The number of methoxy groups -OCH3 is 1. The van der Waals surface area contributed by atoms with Crippen molar-refractivity contribution in [3.63, 3.8) is 0 Å². The zero-order valence-corrected chi connectivity index (χ0v) is 18.2. The molecule has 2 aromatic carbocycles. The number of hydrogen-bond donors (Lipinski definition) is 0. The summed E-state index contributed by atoms with van der Waals surface area (Å²) in [5, 5.41) is 0.306. The molecule has 1 saturated carbocycles. The standard InChI is InChI=1S/C23H20ClFO4S/c1-13-16(14-5-7-15(25)8-6-14)9-10-17(24)18(13)19-20(28-22(30)27-2)23(29-21(19)26)11-3-4-12-23/h5-10H,3-4,11-12H2,1-2H3. The number of rotatable bonds is 3. The molecule has 30 heavy (non-hydrogen) atoms. The molecule has 2 aromatic rings. The van der Waals surface area contributed by atoms with Gasteiger partial charge in [-0.15, -0.1) is 0 Å². The van der Waals surface area contributed by atoms with Gasteiger partial charge in [-0.1, -0.05) is 29.8 Å². The predicted molar refractivity (Wildman–Crippen MR) is 116 cm³/mol. The number of halogens is 2. The largest absolute Gasteiger partial charge is 0.460 e. The second-order valence-electron chi connectivity index (χ2n) is 7.45. The molecule has 4 rings (SSSR count). The van der Waals surface area contributed by atoms with E-state index in [9.17, 15) is 9.18 Å². The van der Waals surface area contributed by atoms with Crippen LogP contribution >= 0.6 is 23.8 Å². The summed E-state index contributed by atoms with van der Waals surface area (Å²) in [6.07, 6.45) is 3.13. The van der Waals surface area contributed by atoms with Gasteiger partial charge in [-0.2, -0.15) is 0 Å². The fraction of sp³-hybridized carbons (Fsp3) is 0.304. The first-order valence-corrected chi connectivity index (χ1v) is 10.4. The van der Waals surface area contributed by atoms with E-state index >= 15 is 0 Å². The van der Waals surface area contributed by atoms with Gasteiger partial charge in [0.1, 0.15) is 11.4 Å². The summed E-state index contributed by atoms with van der Waals surface area (Å²) < 4.78 is 30.1. The summed E-state index contributed by atoms with van der Waals surface area (Å²) in [6.45, 7) is 1.87. The fourth-order valence-electron chi connectivity index (χ4n) is 4.28. The maximum atomic E-state index is 13.4. The molecule has 0 amide bonds. The third-order valence-electron chi connectivity index (χ3n) is 5.72. The van der Waals surface area contributed by atoms with E-state index < -0.39 is 11.6 Å². The number of ether oxygens (including phenoxy) is 3.